The summed E-state index contributed by atoms with van der Waals surface area (Å²) in [4.78, 5) is 17.9. The van der Waals surface area contributed by atoms with Gasteiger partial charge in [-0.1, -0.05) is 29.8 Å². The van der Waals surface area contributed by atoms with E-state index in [0.29, 0.717) is 16.0 Å². The quantitative estimate of drug-likeness (QED) is 0.835. The molecule has 6 heteroatoms. The van der Waals surface area contributed by atoms with Crippen molar-refractivity contribution in [2.45, 2.75) is 18.9 Å². The van der Waals surface area contributed by atoms with E-state index in [0.717, 1.165) is 55.8 Å². The van der Waals surface area contributed by atoms with Crippen molar-refractivity contribution in [3.05, 3.63) is 34.2 Å². The largest absolute Gasteiger partial charge is 0.377 e. The van der Waals surface area contributed by atoms with E-state index in [1.54, 1.807) is 0 Å². The maximum atomic E-state index is 12.9. The average Bonchev–Trinajstić information content (AvgIpc) is 3.23. The Morgan fingerprint density at radius 1 is 1.25 bits per heavy atom. The topological polar surface area (TPSA) is 32.8 Å². The Bertz CT molecular complexity index is 734. The lowest BCUT2D eigenvalue weighted by Crippen LogP contribution is -2.50. The Hall–Kier alpha value is -1.14. The lowest BCUT2D eigenvalue weighted by Gasteiger charge is -2.35. The van der Waals surface area contributed by atoms with Gasteiger partial charge in [0.15, 0.2) is 0 Å². The zero-order valence-corrected chi connectivity index (χ0v) is 15.1. The number of amides is 1. The molecule has 2 fully saturated rings. The minimum Gasteiger partial charge on any atom is -0.377 e. The minimum atomic E-state index is 0.0676. The molecule has 0 bridgehead atoms. The van der Waals surface area contributed by atoms with E-state index in [2.05, 4.69) is 4.90 Å². The maximum absolute atomic E-state index is 12.9. The molecular weight excluding hydrogens is 344 g/mol. The lowest BCUT2D eigenvalue weighted by molar-refractivity contribution is 0.0435. The summed E-state index contributed by atoms with van der Waals surface area (Å²) in [6.07, 6.45) is 2.72. The fourth-order valence-electron chi connectivity index (χ4n) is 3.51. The van der Waals surface area contributed by atoms with E-state index < -0.39 is 0 Å². The van der Waals surface area contributed by atoms with E-state index in [9.17, 15) is 4.79 Å². The van der Waals surface area contributed by atoms with Crippen LogP contribution in [0.3, 0.4) is 0 Å². The van der Waals surface area contributed by atoms with Crippen LogP contribution in [0.15, 0.2) is 24.3 Å². The molecule has 1 amide bonds. The van der Waals surface area contributed by atoms with Gasteiger partial charge in [0.05, 0.1) is 11.1 Å². The van der Waals surface area contributed by atoms with Gasteiger partial charge in [-0.05, 0) is 18.9 Å². The molecule has 24 heavy (non-hydrogen) atoms. The predicted octanol–water partition coefficient (Wildman–Crippen LogP) is 3.49. The SMILES string of the molecule is O=C(c1sc2ccccc2c1Cl)N1CCN(CC2CCCO2)CC1. The van der Waals surface area contributed by atoms with Crippen LogP contribution in [-0.2, 0) is 4.74 Å². The third kappa shape index (κ3) is 3.18. The van der Waals surface area contributed by atoms with Gasteiger partial charge in [-0.3, -0.25) is 9.69 Å². The van der Waals surface area contributed by atoms with E-state index in [1.807, 2.05) is 29.2 Å². The van der Waals surface area contributed by atoms with Crippen LogP contribution in [0.25, 0.3) is 10.1 Å². The van der Waals surface area contributed by atoms with Crippen molar-refractivity contribution in [3.8, 4) is 0 Å². The number of nitrogens with zero attached hydrogens (tertiary/aromatic N) is 2. The van der Waals surface area contributed by atoms with E-state index in [-0.39, 0.29) is 5.91 Å². The van der Waals surface area contributed by atoms with Crippen LogP contribution in [0.2, 0.25) is 5.02 Å². The lowest BCUT2D eigenvalue weighted by atomic mass is 10.2. The van der Waals surface area contributed by atoms with Crippen LogP contribution >= 0.6 is 22.9 Å². The second kappa shape index (κ2) is 7.00. The van der Waals surface area contributed by atoms with Crippen molar-refractivity contribution in [1.29, 1.82) is 0 Å². The molecule has 1 unspecified atom stereocenters. The summed E-state index contributed by atoms with van der Waals surface area (Å²) in [5, 5.41) is 1.58. The van der Waals surface area contributed by atoms with Gasteiger partial charge in [-0.25, -0.2) is 0 Å². The van der Waals surface area contributed by atoms with Crippen molar-refractivity contribution in [2.24, 2.45) is 0 Å². The van der Waals surface area contributed by atoms with Crippen LogP contribution in [0.4, 0.5) is 0 Å². The number of hydrogen-bond donors (Lipinski definition) is 0. The van der Waals surface area contributed by atoms with Crippen molar-refractivity contribution < 1.29 is 9.53 Å². The van der Waals surface area contributed by atoms with Gasteiger partial charge in [0.25, 0.3) is 5.91 Å². The van der Waals surface area contributed by atoms with Crippen LogP contribution in [0, 0.1) is 0 Å². The molecule has 1 aromatic carbocycles. The zero-order valence-electron chi connectivity index (χ0n) is 13.5. The van der Waals surface area contributed by atoms with E-state index >= 15 is 0 Å². The highest BCUT2D eigenvalue weighted by atomic mass is 35.5. The molecule has 0 saturated carbocycles. The van der Waals surface area contributed by atoms with E-state index in [4.69, 9.17) is 16.3 Å². The minimum absolute atomic E-state index is 0.0676. The molecule has 1 atom stereocenters. The van der Waals surface area contributed by atoms with Crippen LogP contribution in [0.1, 0.15) is 22.5 Å². The maximum Gasteiger partial charge on any atom is 0.265 e. The zero-order chi connectivity index (χ0) is 16.5. The van der Waals surface area contributed by atoms with Crippen molar-refractivity contribution in [1.82, 2.24) is 9.80 Å². The number of ether oxygens (including phenoxy) is 1. The molecule has 128 valence electrons. The smallest absolute Gasteiger partial charge is 0.265 e. The summed E-state index contributed by atoms with van der Waals surface area (Å²) in [5.74, 6) is 0.0676. The number of hydrogen-bond acceptors (Lipinski definition) is 4. The third-order valence-corrected chi connectivity index (χ3v) is 6.54. The standard InChI is InChI=1S/C18H21ClN2O2S/c19-16-14-5-1-2-6-15(14)24-17(16)18(22)21-9-7-20(8-10-21)12-13-4-3-11-23-13/h1-2,5-6,13H,3-4,7-12H2. The fraction of sp³-hybridized carbons (Fsp3) is 0.500. The Labute approximate surface area is 150 Å². The summed E-state index contributed by atoms with van der Waals surface area (Å²) in [5.41, 5.74) is 0. The summed E-state index contributed by atoms with van der Waals surface area (Å²) >= 11 is 7.95. The average molecular weight is 365 g/mol. The summed E-state index contributed by atoms with van der Waals surface area (Å²) in [7, 11) is 0. The number of piperazine rings is 1. The van der Waals surface area contributed by atoms with E-state index in [1.165, 1.54) is 17.8 Å². The molecular formula is C18H21ClN2O2S. The number of benzene rings is 1. The molecule has 4 nitrogen and oxygen atoms in total. The number of carbonyl (C=O) groups is 1. The highest BCUT2D eigenvalue weighted by Gasteiger charge is 2.27. The molecule has 0 N–H and O–H groups in total. The number of fused-ring (bicyclic) bond motifs is 1. The Morgan fingerprint density at radius 2 is 2.04 bits per heavy atom. The predicted molar refractivity (Wildman–Crippen MR) is 98.2 cm³/mol. The summed E-state index contributed by atoms with van der Waals surface area (Å²) < 4.78 is 6.78. The van der Waals surface area contributed by atoms with Crippen molar-refractivity contribution in [2.75, 3.05) is 39.3 Å². The molecule has 0 aliphatic carbocycles. The molecule has 4 rings (SSSR count). The normalized spacial score (nSPS) is 22.4. The molecule has 3 heterocycles. The third-order valence-electron chi connectivity index (χ3n) is 4.87. The van der Waals surface area contributed by atoms with Gasteiger partial charge >= 0.3 is 0 Å². The van der Waals surface area contributed by atoms with Gasteiger partial charge in [-0.15, -0.1) is 11.3 Å². The first kappa shape index (κ1) is 16.3. The molecule has 0 radical (unpaired) electrons. The van der Waals surface area contributed by atoms with Gasteiger partial charge in [0.1, 0.15) is 4.88 Å². The van der Waals surface area contributed by atoms with Gasteiger partial charge < -0.3 is 9.64 Å². The van der Waals surface area contributed by atoms with Gasteiger partial charge in [-0.2, -0.15) is 0 Å². The molecule has 2 aliphatic heterocycles. The van der Waals surface area contributed by atoms with Crippen molar-refractivity contribution >= 4 is 38.9 Å². The monoisotopic (exact) mass is 364 g/mol. The molecule has 2 aliphatic rings. The number of thiophene rings is 1. The Morgan fingerprint density at radius 3 is 2.75 bits per heavy atom. The van der Waals surface area contributed by atoms with Gasteiger partial charge in [0, 0.05) is 49.4 Å². The first-order chi connectivity index (χ1) is 11.7. The number of carbonyl (C=O) groups excluding carboxylic acids is 1. The van der Waals surface area contributed by atoms with Crippen molar-refractivity contribution in [3.63, 3.8) is 0 Å². The second-order valence-corrected chi connectivity index (χ2v) is 7.90. The van der Waals surface area contributed by atoms with Gasteiger partial charge in [0.2, 0.25) is 0 Å². The first-order valence-electron chi connectivity index (χ1n) is 8.52. The first-order valence-corrected chi connectivity index (χ1v) is 9.72. The molecule has 1 aromatic heterocycles. The molecule has 2 saturated heterocycles. The second-order valence-electron chi connectivity index (χ2n) is 6.47. The summed E-state index contributed by atoms with van der Waals surface area (Å²) in [6.45, 7) is 5.23. The Kier molecular flexibility index (Phi) is 4.77. The fourth-order valence-corrected chi connectivity index (χ4v) is 4.98. The molecule has 0 spiro atoms. The number of halogens is 1. The molecule has 2 aromatic rings. The van der Waals surface area contributed by atoms with Crippen LogP contribution < -0.4 is 0 Å². The number of rotatable bonds is 3. The Balaban J connectivity index is 1.41. The summed E-state index contributed by atoms with van der Waals surface area (Å²) in [6, 6.07) is 7.93. The van der Waals surface area contributed by atoms with Crippen LogP contribution in [-0.4, -0.2) is 61.1 Å². The highest BCUT2D eigenvalue weighted by molar-refractivity contribution is 7.21. The highest BCUT2D eigenvalue weighted by Crippen LogP contribution is 2.36. The van der Waals surface area contributed by atoms with Crippen LogP contribution in [0.5, 0.6) is 0 Å².